The Labute approximate surface area is 70.0 Å². The lowest BCUT2D eigenvalue weighted by atomic mass is 10.4. The highest BCUT2D eigenvalue weighted by Gasteiger charge is 2.35. The molecule has 1 nitrogen and oxygen atoms in total. The summed E-state index contributed by atoms with van der Waals surface area (Å²) in [5, 5.41) is -0.125. The minimum Gasteiger partial charge on any atom is -0.243 e. The monoisotopic (exact) mass is 199 g/mol. The molecule has 68 valence electrons. The summed E-state index contributed by atoms with van der Waals surface area (Å²) >= 11 is 0.355. The number of alkyl halides is 4. The molecule has 0 saturated carbocycles. The van der Waals surface area contributed by atoms with E-state index in [1.54, 1.807) is 0 Å². The first-order chi connectivity index (χ1) is 5.45. The molecule has 0 aliphatic heterocycles. The second-order valence-electron chi connectivity index (χ2n) is 2.15. The van der Waals surface area contributed by atoms with Crippen molar-refractivity contribution in [3.05, 3.63) is 15.6 Å². The van der Waals surface area contributed by atoms with Gasteiger partial charge in [0, 0.05) is 0 Å². The maximum absolute atomic E-state index is 12.0. The lowest BCUT2D eigenvalue weighted by Crippen LogP contribution is -2.03. The first-order valence-corrected chi connectivity index (χ1v) is 3.86. The molecule has 0 unspecified atom stereocenters. The molecule has 0 aliphatic rings. The highest BCUT2D eigenvalue weighted by atomic mass is 32.1. The summed E-state index contributed by atoms with van der Waals surface area (Å²) in [5.74, 6) is 0. The molecule has 0 N–H and O–H groups in total. The molecule has 0 atom stereocenters. The number of aryl methyl sites for hydroxylation is 1. The molecule has 1 aromatic rings. The van der Waals surface area contributed by atoms with E-state index in [4.69, 9.17) is 0 Å². The van der Waals surface area contributed by atoms with Crippen LogP contribution in [0.3, 0.4) is 0 Å². The average molecular weight is 199 g/mol. The third-order valence-electron chi connectivity index (χ3n) is 1.21. The number of hydrogen-bond acceptors (Lipinski definition) is 2. The van der Waals surface area contributed by atoms with E-state index >= 15 is 0 Å². The Morgan fingerprint density at radius 1 is 1.42 bits per heavy atom. The number of hydrogen-bond donors (Lipinski definition) is 0. The molecule has 0 fully saturated rings. The van der Waals surface area contributed by atoms with Crippen molar-refractivity contribution in [1.29, 1.82) is 0 Å². The largest absolute Gasteiger partial charge is 0.427 e. The molecule has 1 rings (SSSR count). The smallest absolute Gasteiger partial charge is 0.243 e. The van der Waals surface area contributed by atoms with Crippen LogP contribution in [0.25, 0.3) is 0 Å². The van der Waals surface area contributed by atoms with E-state index in [1.807, 2.05) is 0 Å². The Bertz CT molecular complexity index is 278. The summed E-state index contributed by atoms with van der Waals surface area (Å²) in [5.41, 5.74) is -0.153. The number of aromatic nitrogens is 1. The molecule has 0 bridgehead atoms. The van der Waals surface area contributed by atoms with Crippen LogP contribution in [0.5, 0.6) is 0 Å². The van der Waals surface area contributed by atoms with Crippen LogP contribution >= 0.6 is 11.3 Å². The van der Waals surface area contributed by atoms with Crippen molar-refractivity contribution in [3.8, 4) is 0 Å². The van der Waals surface area contributed by atoms with Gasteiger partial charge in [0.25, 0.3) is 0 Å². The molecular weight excluding hydrogens is 194 g/mol. The average Bonchev–Trinajstić information content (AvgIpc) is 2.29. The summed E-state index contributed by atoms with van der Waals surface area (Å²) < 4.78 is 48.0. The van der Waals surface area contributed by atoms with Crippen LogP contribution in [0, 0.1) is 6.92 Å². The normalized spacial score (nSPS) is 12.1. The lowest BCUT2D eigenvalue weighted by molar-refractivity contribution is -0.134. The van der Waals surface area contributed by atoms with Crippen molar-refractivity contribution < 1.29 is 17.6 Å². The zero-order chi connectivity index (χ0) is 9.35. The van der Waals surface area contributed by atoms with E-state index in [9.17, 15) is 17.6 Å². The third-order valence-corrected chi connectivity index (χ3v) is 2.38. The van der Waals surface area contributed by atoms with Crippen molar-refractivity contribution in [2.24, 2.45) is 0 Å². The Morgan fingerprint density at radius 3 is 2.25 bits per heavy atom. The molecule has 0 aliphatic carbocycles. The van der Waals surface area contributed by atoms with Gasteiger partial charge in [-0.3, -0.25) is 0 Å². The first kappa shape index (κ1) is 9.44. The molecular formula is C6H5F4NS. The molecule has 0 amide bonds. The van der Waals surface area contributed by atoms with Crippen LogP contribution in [-0.4, -0.2) is 4.98 Å². The van der Waals surface area contributed by atoms with Crippen LogP contribution in [0.15, 0.2) is 0 Å². The summed E-state index contributed by atoms with van der Waals surface area (Å²) in [6.45, 7) is 0.278. The van der Waals surface area contributed by atoms with E-state index in [-0.39, 0.29) is 10.7 Å². The van der Waals surface area contributed by atoms with Gasteiger partial charge in [-0.2, -0.15) is 13.2 Å². The van der Waals surface area contributed by atoms with Crippen LogP contribution < -0.4 is 0 Å². The molecule has 0 spiro atoms. The summed E-state index contributed by atoms with van der Waals surface area (Å²) in [7, 11) is 0. The summed E-state index contributed by atoms with van der Waals surface area (Å²) in [6.07, 6.45) is -4.41. The van der Waals surface area contributed by atoms with Gasteiger partial charge < -0.3 is 0 Å². The Balaban J connectivity index is 3.08. The second kappa shape index (κ2) is 3.01. The third kappa shape index (κ3) is 1.74. The van der Waals surface area contributed by atoms with Crippen LogP contribution in [-0.2, 0) is 12.9 Å². The van der Waals surface area contributed by atoms with Crippen molar-refractivity contribution in [1.82, 2.24) is 4.98 Å². The minimum atomic E-state index is -4.41. The zero-order valence-corrected chi connectivity index (χ0v) is 6.89. The van der Waals surface area contributed by atoms with Crippen LogP contribution in [0.1, 0.15) is 15.6 Å². The predicted molar refractivity (Wildman–Crippen MR) is 36.7 cm³/mol. The Morgan fingerprint density at radius 2 is 2.00 bits per heavy atom. The predicted octanol–water partition coefficient (Wildman–Crippen LogP) is 2.94. The van der Waals surface area contributed by atoms with Gasteiger partial charge in [-0.05, 0) is 6.92 Å². The topological polar surface area (TPSA) is 12.9 Å². The number of thiazole rings is 1. The second-order valence-corrected chi connectivity index (χ2v) is 3.24. The highest BCUT2D eigenvalue weighted by Crippen LogP contribution is 2.36. The Hall–Kier alpha value is -0.650. The maximum atomic E-state index is 12.0. The Kier molecular flexibility index (Phi) is 2.36. The molecule has 1 aromatic heterocycles. The summed E-state index contributed by atoms with van der Waals surface area (Å²) in [6, 6.07) is 0. The van der Waals surface area contributed by atoms with Crippen molar-refractivity contribution >= 4 is 11.3 Å². The highest BCUT2D eigenvalue weighted by molar-refractivity contribution is 7.11. The van der Waals surface area contributed by atoms with Crippen molar-refractivity contribution in [3.63, 3.8) is 0 Å². The fraction of sp³-hybridized carbons (Fsp3) is 0.500. The van der Waals surface area contributed by atoms with Gasteiger partial charge in [0.05, 0.1) is 5.69 Å². The quantitative estimate of drug-likeness (QED) is 0.633. The van der Waals surface area contributed by atoms with E-state index in [2.05, 4.69) is 4.98 Å². The SMILES string of the molecule is Cc1nc(CF)sc1C(F)(F)F. The standard InChI is InChI=1S/C6H5F4NS/c1-3-5(6(8,9)10)12-4(2-7)11-3/h2H2,1H3. The molecule has 6 heteroatoms. The molecule has 12 heavy (non-hydrogen) atoms. The number of halogens is 4. The van der Waals surface area contributed by atoms with Gasteiger partial charge in [0.1, 0.15) is 16.6 Å². The summed E-state index contributed by atoms with van der Waals surface area (Å²) in [4.78, 5) is 2.61. The van der Waals surface area contributed by atoms with Gasteiger partial charge >= 0.3 is 6.18 Å². The minimum absolute atomic E-state index is 0.125. The van der Waals surface area contributed by atoms with Crippen LogP contribution in [0.4, 0.5) is 17.6 Å². The van der Waals surface area contributed by atoms with Gasteiger partial charge in [-0.15, -0.1) is 11.3 Å². The van der Waals surface area contributed by atoms with E-state index in [0.29, 0.717) is 11.3 Å². The lowest BCUT2D eigenvalue weighted by Gasteiger charge is -2.01. The molecule has 0 radical (unpaired) electrons. The van der Waals surface area contributed by atoms with E-state index < -0.39 is 17.7 Å². The van der Waals surface area contributed by atoms with Crippen molar-refractivity contribution in [2.45, 2.75) is 19.8 Å². The first-order valence-electron chi connectivity index (χ1n) is 3.04. The zero-order valence-electron chi connectivity index (χ0n) is 6.07. The van der Waals surface area contributed by atoms with E-state index in [1.165, 1.54) is 6.92 Å². The number of nitrogens with zero attached hydrogens (tertiary/aromatic N) is 1. The van der Waals surface area contributed by atoms with Gasteiger partial charge in [0.15, 0.2) is 0 Å². The maximum Gasteiger partial charge on any atom is 0.427 e. The molecule has 0 aromatic carbocycles. The molecule has 1 heterocycles. The van der Waals surface area contributed by atoms with Crippen LogP contribution in [0.2, 0.25) is 0 Å². The fourth-order valence-corrected chi connectivity index (χ4v) is 1.55. The van der Waals surface area contributed by atoms with Gasteiger partial charge in [-0.1, -0.05) is 0 Å². The van der Waals surface area contributed by atoms with Gasteiger partial charge in [-0.25, -0.2) is 9.37 Å². The van der Waals surface area contributed by atoms with Gasteiger partial charge in [0.2, 0.25) is 0 Å². The van der Waals surface area contributed by atoms with Crippen molar-refractivity contribution in [2.75, 3.05) is 0 Å². The van der Waals surface area contributed by atoms with E-state index in [0.717, 1.165) is 0 Å². The molecule has 0 saturated heterocycles. The fourth-order valence-electron chi connectivity index (χ4n) is 0.772. The number of rotatable bonds is 1.